The van der Waals surface area contributed by atoms with Crippen LogP contribution in [0.3, 0.4) is 0 Å². The highest BCUT2D eigenvalue weighted by Gasteiger charge is 2.20. The van der Waals surface area contributed by atoms with Gasteiger partial charge in [-0.2, -0.15) is 0 Å². The van der Waals surface area contributed by atoms with Crippen molar-refractivity contribution in [3.8, 4) is 0 Å². The van der Waals surface area contributed by atoms with E-state index in [1.165, 1.54) is 12.3 Å². The van der Waals surface area contributed by atoms with E-state index in [0.29, 0.717) is 22.8 Å². The van der Waals surface area contributed by atoms with Gasteiger partial charge in [0, 0.05) is 29.3 Å². The number of ketones is 1. The van der Waals surface area contributed by atoms with Gasteiger partial charge in [-0.05, 0) is 19.1 Å². The van der Waals surface area contributed by atoms with E-state index in [0.717, 1.165) is 0 Å². The van der Waals surface area contributed by atoms with Gasteiger partial charge in [-0.1, -0.05) is 0 Å². The molecule has 106 valence electrons. The smallest absolute Gasteiger partial charge is 0.325 e. The number of carbonyl (C=O) groups excluding carboxylic acids is 2. The Morgan fingerprint density at radius 1 is 1.50 bits per heavy atom. The molecular formula is C14H15NO4S. The molecule has 1 heterocycles. The third-order valence-electron chi connectivity index (χ3n) is 2.73. The standard InChI is InChI=1S/C14H15NO4S/c1-2-18-14(17)9-15-5-6-19-12(8-15)11-7-10(16)3-4-13(11)20/h3-6,8,20H,2,7,9H2,1H3. The third-order valence-corrected chi connectivity index (χ3v) is 3.15. The van der Waals surface area contributed by atoms with Crippen molar-refractivity contribution in [2.24, 2.45) is 0 Å². The minimum Gasteiger partial charge on any atom is -0.465 e. The number of carbonyl (C=O) groups is 2. The number of allylic oxidation sites excluding steroid dienone is 3. The fraction of sp³-hybridized carbons (Fsp3) is 0.286. The first-order chi connectivity index (χ1) is 9.60. The van der Waals surface area contributed by atoms with E-state index in [2.05, 4.69) is 12.6 Å². The molecule has 0 bridgehead atoms. The lowest BCUT2D eigenvalue weighted by atomic mass is 10.0. The van der Waals surface area contributed by atoms with Crippen LogP contribution in [0.1, 0.15) is 13.3 Å². The van der Waals surface area contributed by atoms with Crippen molar-refractivity contribution in [3.63, 3.8) is 0 Å². The number of ether oxygens (including phenoxy) is 2. The number of hydrogen-bond donors (Lipinski definition) is 1. The Bertz CT molecular complexity index is 545. The average Bonchev–Trinajstić information content (AvgIpc) is 2.42. The average molecular weight is 293 g/mol. The molecule has 6 heteroatoms. The fourth-order valence-corrected chi connectivity index (χ4v) is 2.08. The first-order valence-corrected chi connectivity index (χ1v) is 6.64. The van der Waals surface area contributed by atoms with Gasteiger partial charge in [0.2, 0.25) is 0 Å². The molecule has 2 aliphatic rings. The van der Waals surface area contributed by atoms with E-state index in [4.69, 9.17) is 9.47 Å². The van der Waals surface area contributed by atoms with Gasteiger partial charge in [0.05, 0.1) is 6.61 Å². The molecule has 1 aliphatic carbocycles. The summed E-state index contributed by atoms with van der Waals surface area (Å²) in [6.07, 6.45) is 8.12. The summed E-state index contributed by atoms with van der Waals surface area (Å²) < 4.78 is 10.3. The molecule has 0 saturated heterocycles. The quantitative estimate of drug-likeness (QED) is 0.634. The summed E-state index contributed by atoms with van der Waals surface area (Å²) in [6, 6.07) is 0. The van der Waals surface area contributed by atoms with Crippen LogP contribution in [0, 0.1) is 0 Å². The van der Waals surface area contributed by atoms with Gasteiger partial charge >= 0.3 is 5.97 Å². The molecule has 0 aromatic rings. The van der Waals surface area contributed by atoms with Crippen LogP contribution in [0.15, 0.2) is 47.1 Å². The van der Waals surface area contributed by atoms with Crippen LogP contribution in [0.2, 0.25) is 0 Å². The fourth-order valence-electron chi connectivity index (χ4n) is 1.82. The molecule has 0 atom stereocenters. The molecule has 2 rings (SSSR count). The van der Waals surface area contributed by atoms with Crippen molar-refractivity contribution >= 4 is 24.4 Å². The number of nitrogens with zero attached hydrogens (tertiary/aromatic N) is 1. The lowest BCUT2D eigenvalue weighted by Gasteiger charge is -2.23. The second-order valence-corrected chi connectivity index (χ2v) is 4.70. The van der Waals surface area contributed by atoms with Gasteiger partial charge in [-0.25, -0.2) is 0 Å². The van der Waals surface area contributed by atoms with E-state index in [9.17, 15) is 9.59 Å². The minimum atomic E-state index is -0.325. The second kappa shape index (κ2) is 6.47. The van der Waals surface area contributed by atoms with Crippen LogP contribution >= 0.6 is 12.6 Å². The number of rotatable bonds is 4. The Balaban J connectivity index is 2.13. The van der Waals surface area contributed by atoms with Gasteiger partial charge in [-0.3, -0.25) is 9.59 Å². The van der Waals surface area contributed by atoms with E-state index in [1.54, 1.807) is 30.3 Å². The molecule has 1 aliphatic heterocycles. The molecule has 0 saturated carbocycles. The Kier molecular flexibility index (Phi) is 4.68. The van der Waals surface area contributed by atoms with E-state index in [1.807, 2.05) is 0 Å². The lowest BCUT2D eigenvalue weighted by molar-refractivity contribution is -0.143. The molecule has 0 aromatic heterocycles. The normalized spacial score (nSPS) is 18.0. The van der Waals surface area contributed by atoms with Gasteiger partial charge < -0.3 is 14.4 Å². The number of esters is 1. The zero-order chi connectivity index (χ0) is 14.5. The molecule has 0 radical (unpaired) electrons. The van der Waals surface area contributed by atoms with Crippen LogP contribution < -0.4 is 0 Å². The largest absolute Gasteiger partial charge is 0.465 e. The Morgan fingerprint density at radius 2 is 2.30 bits per heavy atom. The van der Waals surface area contributed by atoms with Crippen molar-refractivity contribution in [1.82, 2.24) is 4.90 Å². The number of hydrogen-bond acceptors (Lipinski definition) is 6. The van der Waals surface area contributed by atoms with Crippen LogP contribution in [-0.4, -0.2) is 29.8 Å². The first kappa shape index (κ1) is 14.5. The minimum absolute atomic E-state index is 0.00574. The molecular weight excluding hydrogens is 278 g/mol. The monoisotopic (exact) mass is 293 g/mol. The van der Waals surface area contributed by atoms with Crippen molar-refractivity contribution in [2.45, 2.75) is 13.3 Å². The lowest BCUT2D eigenvalue weighted by Crippen LogP contribution is -2.24. The predicted octanol–water partition coefficient (Wildman–Crippen LogP) is 1.91. The summed E-state index contributed by atoms with van der Waals surface area (Å²) in [5.41, 5.74) is 0.707. The Morgan fingerprint density at radius 3 is 3.05 bits per heavy atom. The summed E-state index contributed by atoms with van der Waals surface area (Å²) >= 11 is 4.33. The SMILES string of the molecule is CCOC(=O)CN1C=COC(C2=C(S)C=CC(=O)C2)=C1. The van der Waals surface area contributed by atoms with Gasteiger partial charge in [0.25, 0.3) is 0 Å². The first-order valence-electron chi connectivity index (χ1n) is 6.20. The van der Waals surface area contributed by atoms with Crippen LogP contribution in [-0.2, 0) is 19.1 Å². The van der Waals surface area contributed by atoms with Crippen molar-refractivity contribution in [3.05, 3.63) is 47.1 Å². The van der Waals surface area contributed by atoms with Gasteiger partial charge in [0.1, 0.15) is 18.6 Å². The van der Waals surface area contributed by atoms with Crippen molar-refractivity contribution in [2.75, 3.05) is 13.2 Å². The van der Waals surface area contributed by atoms with E-state index in [-0.39, 0.29) is 24.7 Å². The molecule has 20 heavy (non-hydrogen) atoms. The van der Waals surface area contributed by atoms with E-state index >= 15 is 0 Å². The highest BCUT2D eigenvalue weighted by molar-refractivity contribution is 7.84. The van der Waals surface area contributed by atoms with Gasteiger partial charge in [-0.15, -0.1) is 12.6 Å². The topological polar surface area (TPSA) is 55.8 Å². The van der Waals surface area contributed by atoms with Gasteiger partial charge in [0.15, 0.2) is 5.78 Å². The maximum absolute atomic E-state index is 11.5. The predicted molar refractivity (Wildman–Crippen MR) is 76.4 cm³/mol. The Labute approximate surface area is 122 Å². The second-order valence-electron chi connectivity index (χ2n) is 4.21. The molecule has 0 fully saturated rings. The zero-order valence-corrected chi connectivity index (χ0v) is 11.9. The summed E-state index contributed by atoms with van der Waals surface area (Å²) in [5.74, 6) is 0.183. The van der Waals surface area contributed by atoms with E-state index < -0.39 is 0 Å². The molecule has 0 amide bonds. The molecule has 0 unspecified atom stereocenters. The molecule has 0 spiro atoms. The van der Waals surface area contributed by atoms with Crippen LogP contribution in [0.4, 0.5) is 0 Å². The highest BCUT2D eigenvalue weighted by atomic mass is 32.1. The van der Waals surface area contributed by atoms with Crippen molar-refractivity contribution < 1.29 is 19.1 Å². The molecule has 0 N–H and O–H groups in total. The third kappa shape index (κ3) is 3.54. The Hall–Kier alpha value is -1.95. The molecule has 5 nitrogen and oxygen atoms in total. The highest BCUT2D eigenvalue weighted by Crippen LogP contribution is 2.28. The summed E-state index contributed by atoms with van der Waals surface area (Å²) in [5, 5.41) is 0. The maximum atomic E-state index is 11.5. The van der Waals surface area contributed by atoms with Crippen LogP contribution in [0.5, 0.6) is 0 Å². The van der Waals surface area contributed by atoms with Crippen LogP contribution in [0.25, 0.3) is 0 Å². The zero-order valence-electron chi connectivity index (χ0n) is 11.0. The van der Waals surface area contributed by atoms with Crippen molar-refractivity contribution in [1.29, 1.82) is 0 Å². The summed E-state index contributed by atoms with van der Waals surface area (Å²) in [4.78, 5) is 25.2. The maximum Gasteiger partial charge on any atom is 0.325 e. The summed E-state index contributed by atoms with van der Waals surface area (Å²) in [7, 11) is 0. The molecule has 0 aromatic carbocycles. The summed E-state index contributed by atoms with van der Waals surface area (Å²) in [6.45, 7) is 2.19. The number of thiol groups is 1.